The number of benzene rings is 1. The lowest BCUT2D eigenvalue weighted by Gasteiger charge is -2.12. The lowest BCUT2D eigenvalue weighted by molar-refractivity contribution is 0.0946. The summed E-state index contributed by atoms with van der Waals surface area (Å²) >= 11 is 0. The number of nitrogens with zero attached hydrogens (tertiary/aromatic N) is 2. The van der Waals surface area contributed by atoms with Gasteiger partial charge in [0.15, 0.2) is 11.5 Å². The fraction of sp³-hybridized carbons (Fsp3) is 0.150. The van der Waals surface area contributed by atoms with Crippen LogP contribution in [0.2, 0.25) is 0 Å². The molecule has 0 unspecified atom stereocenters. The van der Waals surface area contributed by atoms with Crippen molar-refractivity contribution in [3.8, 4) is 11.5 Å². The van der Waals surface area contributed by atoms with E-state index in [0.29, 0.717) is 23.7 Å². The number of methoxy groups -OCH3 is 2. The molecule has 0 aliphatic rings. The van der Waals surface area contributed by atoms with Crippen molar-refractivity contribution in [2.75, 3.05) is 19.5 Å². The van der Waals surface area contributed by atoms with Crippen LogP contribution in [0.15, 0.2) is 61.1 Å². The molecule has 1 amide bonds. The van der Waals surface area contributed by atoms with Gasteiger partial charge in [-0.2, -0.15) is 0 Å². The molecule has 3 aromatic rings. The van der Waals surface area contributed by atoms with E-state index >= 15 is 0 Å². The van der Waals surface area contributed by atoms with Crippen molar-refractivity contribution >= 4 is 17.3 Å². The highest BCUT2D eigenvalue weighted by Crippen LogP contribution is 2.31. The molecular weight excluding hydrogens is 344 g/mol. The first kappa shape index (κ1) is 18.2. The molecule has 0 aliphatic heterocycles. The van der Waals surface area contributed by atoms with E-state index in [4.69, 9.17) is 9.47 Å². The van der Waals surface area contributed by atoms with Crippen molar-refractivity contribution in [3.05, 3.63) is 72.3 Å². The van der Waals surface area contributed by atoms with Gasteiger partial charge in [-0.1, -0.05) is 0 Å². The Labute approximate surface area is 157 Å². The van der Waals surface area contributed by atoms with E-state index in [2.05, 4.69) is 20.6 Å². The Hall–Kier alpha value is -3.61. The second-order valence-corrected chi connectivity index (χ2v) is 5.66. The molecule has 27 heavy (non-hydrogen) atoms. The summed E-state index contributed by atoms with van der Waals surface area (Å²) in [7, 11) is 3.17. The number of rotatable bonds is 7. The molecular formula is C20H20N4O3. The summed E-state index contributed by atoms with van der Waals surface area (Å²) < 4.78 is 10.5. The van der Waals surface area contributed by atoms with Crippen molar-refractivity contribution in [1.29, 1.82) is 0 Å². The van der Waals surface area contributed by atoms with Gasteiger partial charge in [0.1, 0.15) is 5.69 Å². The quantitative estimate of drug-likeness (QED) is 0.670. The molecule has 0 saturated heterocycles. The number of amides is 1. The highest BCUT2D eigenvalue weighted by molar-refractivity contribution is 5.93. The Morgan fingerprint density at radius 2 is 1.67 bits per heavy atom. The fourth-order valence-corrected chi connectivity index (χ4v) is 2.49. The average Bonchev–Trinajstić information content (AvgIpc) is 2.73. The normalized spacial score (nSPS) is 10.1. The van der Waals surface area contributed by atoms with Gasteiger partial charge in [-0.05, 0) is 42.0 Å². The maximum atomic E-state index is 12.4. The molecule has 0 aliphatic carbocycles. The summed E-state index contributed by atoms with van der Waals surface area (Å²) in [5, 5.41) is 6.08. The molecule has 0 radical (unpaired) electrons. The number of pyridine rings is 2. The number of nitrogens with one attached hydrogen (secondary N) is 2. The highest BCUT2D eigenvalue weighted by Gasteiger charge is 2.09. The SMILES string of the molecule is COc1ccc(Nc2ccnc(C(=O)NCc3ccncc3)c2)cc1OC. The summed E-state index contributed by atoms with van der Waals surface area (Å²) in [6.45, 7) is 0.413. The Kier molecular flexibility index (Phi) is 5.84. The number of carbonyl (C=O) groups is 1. The largest absolute Gasteiger partial charge is 0.493 e. The van der Waals surface area contributed by atoms with Crippen molar-refractivity contribution < 1.29 is 14.3 Å². The van der Waals surface area contributed by atoms with E-state index < -0.39 is 0 Å². The Morgan fingerprint density at radius 3 is 2.41 bits per heavy atom. The minimum atomic E-state index is -0.247. The minimum absolute atomic E-state index is 0.247. The van der Waals surface area contributed by atoms with Gasteiger partial charge in [0.2, 0.25) is 0 Å². The van der Waals surface area contributed by atoms with Crippen LogP contribution in [0.1, 0.15) is 16.1 Å². The third-order valence-electron chi connectivity index (χ3n) is 3.87. The summed E-state index contributed by atoms with van der Waals surface area (Å²) in [6.07, 6.45) is 4.96. The van der Waals surface area contributed by atoms with Crippen LogP contribution in [0.5, 0.6) is 11.5 Å². The second kappa shape index (κ2) is 8.66. The van der Waals surface area contributed by atoms with Gasteiger partial charge in [0.05, 0.1) is 14.2 Å². The van der Waals surface area contributed by atoms with Crippen LogP contribution in [0, 0.1) is 0 Å². The molecule has 7 nitrogen and oxygen atoms in total. The number of ether oxygens (including phenoxy) is 2. The van der Waals surface area contributed by atoms with Crippen LogP contribution in [0.25, 0.3) is 0 Å². The predicted molar refractivity (Wildman–Crippen MR) is 102 cm³/mol. The van der Waals surface area contributed by atoms with Crippen LogP contribution in [0.3, 0.4) is 0 Å². The molecule has 0 fully saturated rings. The standard InChI is InChI=1S/C20H20N4O3/c1-26-18-4-3-15(12-19(18)27-2)24-16-7-10-22-17(11-16)20(25)23-13-14-5-8-21-9-6-14/h3-12H,13H2,1-2H3,(H,22,24)(H,23,25). The first-order valence-electron chi connectivity index (χ1n) is 8.32. The Morgan fingerprint density at radius 1 is 0.926 bits per heavy atom. The molecule has 138 valence electrons. The molecule has 0 saturated carbocycles. The molecule has 7 heteroatoms. The topological polar surface area (TPSA) is 85.4 Å². The number of aromatic nitrogens is 2. The molecule has 0 bridgehead atoms. The molecule has 0 spiro atoms. The van der Waals surface area contributed by atoms with Crippen LogP contribution in [-0.4, -0.2) is 30.1 Å². The molecule has 2 aromatic heterocycles. The summed E-state index contributed by atoms with van der Waals surface area (Å²) in [4.78, 5) is 20.5. The van der Waals surface area contributed by atoms with Gasteiger partial charge in [0, 0.05) is 42.6 Å². The first-order chi connectivity index (χ1) is 13.2. The third-order valence-corrected chi connectivity index (χ3v) is 3.87. The van der Waals surface area contributed by atoms with E-state index in [1.165, 1.54) is 0 Å². The zero-order valence-corrected chi connectivity index (χ0v) is 15.1. The van der Waals surface area contributed by atoms with E-state index in [0.717, 1.165) is 16.9 Å². The lowest BCUT2D eigenvalue weighted by Crippen LogP contribution is -2.23. The maximum absolute atomic E-state index is 12.4. The maximum Gasteiger partial charge on any atom is 0.270 e. The van der Waals surface area contributed by atoms with Crippen molar-refractivity contribution in [2.24, 2.45) is 0 Å². The summed E-state index contributed by atoms with van der Waals surface area (Å²) in [5.41, 5.74) is 2.85. The van der Waals surface area contributed by atoms with Gasteiger partial charge >= 0.3 is 0 Å². The fourth-order valence-electron chi connectivity index (χ4n) is 2.49. The van der Waals surface area contributed by atoms with Crippen LogP contribution in [-0.2, 0) is 6.54 Å². The van der Waals surface area contributed by atoms with Crippen LogP contribution < -0.4 is 20.1 Å². The zero-order valence-electron chi connectivity index (χ0n) is 15.1. The highest BCUT2D eigenvalue weighted by atomic mass is 16.5. The number of hydrogen-bond acceptors (Lipinski definition) is 6. The molecule has 3 rings (SSSR count). The zero-order chi connectivity index (χ0) is 19.1. The number of hydrogen-bond donors (Lipinski definition) is 2. The summed E-state index contributed by atoms with van der Waals surface area (Å²) in [5.74, 6) is 1.02. The molecule has 2 N–H and O–H groups in total. The number of anilines is 2. The molecule has 1 aromatic carbocycles. The van der Waals surface area contributed by atoms with Gasteiger partial charge in [-0.3, -0.25) is 14.8 Å². The number of carbonyl (C=O) groups excluding carboxylic acids is 1. The van der Waals surface area contributed by atoms with Crippen molar-refractivity contribution in [2.45, 2.75) is 6.54 Å². The van der Waals surface area contributed by atoms with Gasteiger partial charge in [0.25, 0.3) is 5.91 Å². The van der Waals surface area contributed by atoms with E-state index in [9.17, 15) is 4.79 Å². The van der Waals surface area contributed by atoms with E-state index in [1.54, 1.807) is 44.9 Å². The lowest BCUT2D eigenvalue weighted by atomic mass is 10.2. The molecule has 2 heterocycles. The second-order valence-electron chi connectivity index (χ2n) is 5.66. The Bertz CT molecular complexity index is 916. The van der Waals surface area contributed by atoms with Crippen molar-refractivity contribution in [3.63, 3.8) is 0 Å². The van der Waals surface area contributed by atoms with Crippen molar-refractivity contribution in [1.82, 2.24) is 15.3 Å². The first-order valence-corrected chi connectivity index (χ1v) is 8.32. The smallest absolute Gasteiger partial charge is 0.270 e. The van der Waals surface area contributed by atoms with Gasteiger partial charge in [-0.25, -0.2) is 0 Å². The monoisotopic (exact) mass is 364 g/mol. The predicted octanol–water partition coefficient (Wildman–Crippen LogP) is 3.17. The van der Waals surface area contributed by atoms with E-state index in [1.807, 2.05) is 30.3 Å². The van der Waals surface area contributed by atoms with Gasteiger partial charge in [-0.15, -0.1) is 0 Å². The van der Waals surface area contributed by atoms with Crippen LogP contribution >= 0.6 is 0 Å². The minimum Gasteiger partial charge on any atom is -0.493 e. The average molecular weight is 364 g/mol. The van der Waals surface area contributed by atoms with Crippen LogP contribution in [0.4, 0.5) is 11.4 Å². The summed E-state index contributed by atoms with van der Waals surface area (Å²) in [6, 6.07) is 12.7. The molecule has 0 atom stereocenters. The van der Waals surface area contributed by atoms with E-state index in [-0.39, 0.29) is 5.91 Å². The van der Waals surface area contributed by atoms with Gasteiger partial charge < -0.3 is 20.1 Å². The Balaban J connectivity index is 1.69. The third kappa shape index (κ3) is 4.72.